The quantitative estimate of drug-likeness (QED) is 0.793. The summed E-state index contributed by atoms with van der Waals surface area (Å²) in [5, 5.41) is 6.85. The predicted octanol–water partition coefficient (Wildman–Crippen LogP) is 4.12. The fourth-order valence-electron chi connectivity index (χ4n) is 3.05. The molecule has 1 aliphatic carbocycles. The Labute approximate surface area is 158 Å². The van der Waals surface area contributed by atoms with E-state index in [4.69, 9.17) is 16.3 Å². The van der Waals surface area contributed by atoms with Crippen molar-refractivity contribution in [3.63, 3.8) is 0 Å². The summed E-state index contributed by atoms with van der Waals surface area (Å²) in [6, 6.07) is 5.74. The van der Waals surface area contributed by atoms with E-state index < -0.39 is 0 Å². The lowest BCUT2D eigenvalue weighted by Crippen LogP contribution is -2.39. The number of carbonyl (C=O) groups excluding carboxylic acids is 1. The molecule has 2 N–H and O–H groups in total. The average molecular weight is 391 g/mol. The van der Waals surface area contributed by atoms with Crippen LogP contribution >= 0.6 is 35.8 Å². The maximum Gasteiger partial charge on any atom is 0.225 e. The van der Waals surface area contributed by atoms with Gasteiger partial charge in [-0.25, -0.2) is 0 Å². The topological polar surface area (TPSA) is 50.4 Å². The molecule has 4 nitrogen and oxygen atoms in total. The fraction of sp³-hybridized carbons (Fsp3) is 0.588. The average Bonchev–Trinajstić information content (AvgIpc) is 3.04. The van der Waals surface area contributed by atoms with Crippen molar-refractivity contribution in [2.45, 2.75) is 44.2 Å². The molecule has 0 radical (unpaired) electrons. The first kappa shape index (κ1) is 19.7. The third-order valence-electron chi connectivity index (χ3n) is 4.24. The summed E-state index contributed by atoms with van der Waals surface area (Å²) in [6.07, 6.45) is 5.42. The number of anilines is 1. The summed E-state index contributed by atoms with van der Waals surface area (Å²) in [6.45, 7) is 0.974. The Morgan fingerprint density at radius 2 is 2.17 bits per heavy atom. The van der Waals surface area contributed by atoms with Gasteiger partial charge in [0.15, 0.2) is 0 Å². The standard InChI is InChI=1S/C17H23ClN2O2S.ClH/c18-15-9-12(5-6-16(15)22-14-3-1-2-4-14)20-17(21)10-13-11-23-8-7-19-13;/h5-6,9,13-14,19H,1-4,7-8,10-11H2,(H,20,21);1H. The second-order valence-corrected chi connectivity index (χ2v) is 7.70. The highest BCUT2D eigenvalue weighted by atomic mass is 35.5. The van der Waals surface area contributed by atoms with Crippen LogP contribution in [-0.4, -0.2) is 36.1 Å². The van der Waals surface area contributed by atoms with E-state index in [9.17, 15) is 4.79 Å². The van der Waals surface area contributed by atoms with Crippen molar-refractivity contribution in [2.75, 3.05) is 23.4 Å². The number of halogens is 2. The van der Waals surface area contributed by atoms with Crippen LogP contribution in [0.5, 0.6) is 5.75 Å². The first-order chi connectivity index (χ1) is 11.2. The second-order valence-electron chi connectivity index (χ2n) is 6.15. The third-order valence-corrected chi connectivity index (χ3v) is 5.67. The van der Waals surface area contributed by atoms with Gasteiger partial charge in [0, 0.05) is 36.2 Å². The van der Waals surface area contributed by atoms with E-state index in [-0.39, 0.29) is 30.5 Å². The molecule has 1 saturated heterocycles. The van der Waals surface area contributed by atoms with Crippen LogP contribution in [0, 0.1) is 0 Å². The highest BCUT2D eigenvalue weighted by Crippen LogP contribution is 2.31. The first-order valence-corrected chi connectivity index (χ1v) is 9.81. The number of rotatable bonds is 5. The molecule has 1 aromatic rings. The lowest BCUT2D eigenvalue weighted by Gasteiger charge is -2.22. The van der Waals surface area contributed by atoms with Gasteiger partial charge < -0.3 is 15.4 Å². The van der Waals surface area contributed by atoms with Crippen LogP contribution in [0.3, 0.4) is 0 Å². The fourth-order valence-corrected chi connectivity index (χ4v) is 4.22. The van der Waals surface area contributed by atoms with E-state index in [2.05, 4.69) is 10.6 Å². The molecular weight excluding hydrogens is 367 g/mol. The minimum atomic E-state index is 0. The molecule has 2 fully saturated rings. The van der Waals surface area contributed by atoms with E-state index in [0.29, 0.717) is 17.2 Å². The lowest BCUT2D eigenvalue weighted by molar-refractivity contribution is -0.116. The summed E-state index contributed by atoms with van der Waals surface area (Å²) in [4.78, 5) is 12.1. The molecule has 0 aromatic heterocycles. The molecule has 1 heterocycles. The smallest absolute Gasteiger partial charge is 0.225 e. The first-order valence-electron chi connectivity index (χ1n) is 8.28. The zero-order valence-electron chi connectivity index (χ0n) is 13.6. The van der Waals surface area contributed by atoms with Crippen LogP contribution < -0.4 is 15.4 Å². The van der Waals surface area contributed by atoms with Gasteiger partial charge in [0.1, 0.15) is 5.75 Å². The molecule has 1 aliphatic heterocycles. The summed E-state index contributed by atoms with van der Waals surface area (Å²) < 4.78 is 5.93. The Bertz CT molecular complexity index is 547. The molecule has 1 saturated carbocycles. The summed E-state index contributed by atoms with van der Waals surface area (Å²) in [5.41, 5.74) is 0.724. The van der Waals surface area contributed by atoms with Crippen molar-refractivity contribution in [1.82, 2.24) is 5.32 Å². The maximum absolute atomic E-state index is 12.1. The Morgan fingerprint density at radius 1 is 1.38 bits per heavy atom. The Morgan fingerprint density at radius 3 is 2.83 bits per heavy atom. The van der Waals surface area contributed by atoms with E-state index in [1.165, 1.54) is 12.8 Å². The Balaban J connectivity index is 0.00000208. The summed E-state index contributed by atoms with van der Waals surface area (Å²) >= 11 is 8.18. The molecule has 1 aromatic carbocycles. The van der Waals surface area contributed by atoms with Gasteiger partial charge in [0.2, 0.25) is 5.91 Å². The number of hydrogen-bond acceptors (Lipinski definition) is 4. The predicted molar refractivity (Wildman–Crippen MR) is 104 cm³/mol. The van der Waals surface area contributed by atoms with Gasteiger partial charge in [-0.3, -0.25) is 4.79 Å². The second kappa shape index (κ2) is 9.76. The van der Waals surface area contributed by atoms with Gasteiger partial charge in [-0.05, 0) is 43.9 Å². The van der Waals surface area contributed by atoms with Gasteiger partial charge in [-0.15, -0.1) is 12.4 Å². The summed E-state index contributed by atoms with van der Waals surface area (Å²) in [5.74, 6) is 2.84. The normalized spacial score (nSPS) is 21.1. The van der Waals surface area contributed by atoms with Gasteiger partial charge >= 0.3 is 0 Å². The lowest BCUT2D eigenvalue weighted by atomic mass is 10.2. The van der Waals surface area contributed by atoms with E-state index >= 15 is 0 Å². The van der Waals surface area contributed by atoms with Crippen LogP contribution in [0.1, 0.15) is 32.1 Å². The molecule has 3 rings (SSSR count). The van der Waals surface area contributed by atoms with E-state index in [1.807, 2.05) is 23.9 Å². The molecule has 1 amide bonds. The zero-order chi connectivity index (χ0) is 16.1. The minimum absolute atomic E-state index is 0. The molecule has 0 spiro atoms. The van der Waals surface area contributed by atoms with Crippen molar-refractivity contribution in [3.8, 4) is 5.75 Å². The van der Waals surface area contributed by atoms with Crippen LogP contribution in [-0.2, 0) is 4.79 Å². The minimum Gasteiger partial charge on any atom is -0.489 e. The van der Waals surface area contributed by atoms with Crippen LogP contribution in [0.15, 0.2) is 18.2 Å². The largest absolute Gasteiger partial charge is 0.489 e. The van der Waals surface area contributed by atoms with Crippen molar-refractivity contribution >= 4 is 47.4 Å². The number of hydrogen-bond donors (Lipinski definition) is 2. The van der Waals surface area contributed by atoms with E-state index in [0.717, 1.165) is 36.6 Å². The van der Waals surface area contributed by atoms with Gasteiger partial charge in [0.25, 0.3) is 0 Å². The third kappa shape index (κ3) is 5.73. The van der Waals surface area contributed by atoms with E-state index in [1.54, 1.807) is 6.07 Å². The Hall–Kier alpha value is -0.620. The molecule has 0 bridgehead atoms. The number of amides is 1. The SMILES string of the molecule is Cl.O=C(CC1CSCCN1)Nc1ccc(OC2CCCC2)c(Cl)c1. The van der Waals surface area contributed by atoms with Crippen molar-refractivity contribution < 1.29 is 9.53 Å². The number of ether oxygens (including phenoxy) is 1. The Kier molecular flexibility index (Phi) is 8.01. The van der Waals surface area contributed by atoms with Gasteiger partial charge in [-0.1, -0.05) is 11.6 Å². The van der Waals surface area contributed by atoms with Gasteiger partial charge in [0.05, 0.1) is 11.1 Å². The summed E-state index contributed by atoms with van der Waals surface area (Å²) in [7, 11) is 0. The molecule has 2 aliphatic rings. The zero-order valence-corrected chi connectivity index (χ0v) is 15.9. The molecule has 24 heavy (non-hydrogen) atoms. The van der Waals surface area contributed by atoms with Crippen LogP contribution in [0.2, 0.25) is 5.02 Å². The molecule has 134 valence electrons. The maximum atomic E-state index is 12.1. The monoisotopic (exact) mass is 390 g/mol. The molecular formula is C17H24Cl2N2O2S. The molecule has 1 unspecified atom stereocenters. The number of thioether (sulfide) groups is 1. The highest BCUT2D eigenvalue weighted by Gasteiger charge is 2.19. The molecule has 7 heteroatoms. The van der Waals surface area contributed by atoms with Crippen molar-refractivity contribution in [1.29, 1.82) is 0 Å². The molecule has 1 atom stereocenters. The van der Waals surface area contributed by atoms with Crippen molar-refractivity contribution in [3.05, 3.63) is 23.2 Å². The van der Waals surface area contributed by atoms with Crippen LogP contribution in [0.4, 0.5) is 5.69 Å². The number of benzene rings is 1. The van der Waals surface area contributed by atoms with Crippen molar-refractivity contribution in [2.24, 2.45) is 0 Å². The highest BCUT2D eigenvalue weighted by molar-refractivity contribution is 7.99. The van der Waals surface area contributed by atoms with Gasteiger partial charge in [-0.2, -0.15) is 11.8 Å². The number of nitrogens with one attached hydrogen (secondary N) is 2. The van der Waals surface area contributed by atoms with Crippen LogP contribution in [0.25, 0.3) is 0 Å². The number of carbonyl (C=O) groups is 1.